The maximum atomic E-state index is 8.81. The molecule has 42 valence electrons. The van der Waals surface area contributed by atoms with E-state index in [-0.39, 0.29) is 5.75 Å². The summed E-state index contributed by atoms with van der Waals surface area (Å²) in [5, 5.41) is 8.81. The molecular weight excluding hydrogens is 140 g/mol. The highest BCUT2D eigenvalue weighted by atomic mass is 32.1. The first kappa shape index (κ1) is 5.85. The van der Waals surface area contributed by atoms with Crippen LogP contribution in [0.25, 0.3) is 0 Å². The molecule has 0 aromatic heterocycles. The summed E-state index contributed by atoms with van der Waals surface area (Å²) in [4.78, 5) is 0. The predicted octanol–water partition coefficient (Wildman–Crippen LogP) is 2.04. The van der Waals surface area contributed by atoms with Crippen LogP contribution in [0.2, 0.25) is 0 Å². The molecule has 0 saturated carbocycles. The molecule has 8 heavy (non-hydrogen) atoms. The van der Waals surface area contributed by atoms with Crippen molar-refractivity contribution in [1.29, 1.82) is 0 Å². The van der Waals surface area contributed by atoms with Crippen LogP contribution in [0.3, 0.4) is 0 Å². The summed E-state index contributed by atoms with van der Waals surface area (Å²) in [5.74, 6) is 0.199. The molecule has 0 amide bonds. The summed E-state index contributed by atoms with van der Waals surface area (Å²) in [6.07, 6.45) is 0. The van der Waals surface area contributed by atoms with Crippen molar-refractivity contribution in [3.63, 3.8) is 0 Å². The normalized spacial score (nSPS) is 10.1. The molecule has 0 aliphatic heterocycles. The second-order valence-electron chi connectivity index (χ2n) is 1.63. The Balaban J connectivity index is 3.48. The minimum absolute atomic E-state index is 0.199. The van der Waals surface area contributed by atoms with E-state index >= 15 is 0 Å². The zero-order valence-electron chi connectivity index (χ0n) is 4.26. The van der Waals surface area contributed by atoms with Crippen molar-refractivity contribution >= 4 is 24.4 Å². The van der Waals surface area contributed by atoms with Gasteiger partial charge in [-0.3, -0.25) is 0 Å². The van der Waals surface area contributed by atoms with Gasteiger partial charge in [-0.1, -0.05) is 24.4 Å². The molecule has 1 aromatic carbocycles. The van der Waals surface area contributed by atoms with Gasteiger partial charge in [-0.05, 0) is 6.92 Å². The first-order valence-electron chi connectivity index (χ1n) is 2.13. The fourth-order valence-electron chi connectivity index (χ4n) is 0.493. The Morgan fingerprint density at radius 1 is 1.25 bits per heavy atom. The van der Waals surface area contributed by atoms with Gasteiger partial charge in [0.05, 0.1) is 9.02 Å². The van der Waals surface area contributed by atoms with Gasteiger partial charge in [0.2, 0.25) is 0 Å². The van der Waals surface area contributed by atoms with Crippen molar-refractivity contribution in [2.24, 2.45) is 0 Å². The lowest BCUT2D eigenvalue weighted by atomic mass is 10.2. The summed E-state index contributed by atoms with van der Waals surface area (Å²) >= 11 is 9.40. The van der Waals surface area contributed by atoms with E-state index in [1.165, 1.54) is 0 Å². The standard InChI is InChI=1S/C5H4OS2/c1-2-3(6)5(8)4(2)7/h6H,1H3. The lowest BCUT2D eigenvalue weighted by Gasteiger charge is -2.00. The molecule has 0 fully saturated rings. The zero-order valence-corrected chi connectivity index (χ0v) is 5.90. The van der Waals surface area contributed by atoms with Gasteiger partial charge in [0.25, 0.3) is 0 Å². The third-order valence-electron chi connectivity index (χ3n) is 1.12. The monoisotopic (exact) mass is 144 g/mol. The summed E-state index contributed by atoms with van der Waals surface area (Å²) in [7, 11) is 0. The van der Waals surface area contributed by atoms with Crippen LogP contribution in [0.1, 0.15) is 5.56 Å². The van der Waals surface area contributed by atoms with Gasteiger partial charge in [-0.25, -0.2) is 0 Å². The highest BCUT2D eigenvalue weighted by Gasteiger charge is 2.06. The SMILES string of the molecule is Cc1c(O)c(=S)c1=S. The van der Waals surface area contributed by atoms with Crippen molar-refractivity contribution < 1.29 is 5.11 Å². The van der Waals surface area contributed by atoms with Crippen LogP contribution in [0, 0.1) is 15.9 Å². The van der Waals surface area contributed by atoms with Gasteiger partial charge in [0, 0.05) is 5.56 Å². The van der Waals surface area contributed by atoms with E-state index in [0.29, 0.717) is 9.02 Å². The van der Waals surface area contributed by atoms with E-state index in [9.17, 15) is 0 Å². The van der Waals surface area contributed by atoms with E-state index in [0.717, 1.165) is 5.56 Å². The Labute approximate surface area is 57.3 Å². The first-order valence-corrected chi connectivity index (χ1v) is 2.95. The molecule has 0 saturated heterocycles. The molecule has 0 spiro atoms. The quantitative estimate of drug-likeness (QED) is 0.563. The maximum absolute atomic E-state index is 8.81. The van der Waals surface area contributed by atoms with Crippen LogP contribution in [0.5, 0.6) is 5.75 Å². The van der Waals surface area contributed by atoms with Gasteiger partial charge in [0.1, 0.15) is 5.75 Å². The first-order chi connectivity index (χ1) is 3.64. The Hall–Kier alpha value is -0.280. The smallest absolute Gasteiger partial charge is 0.139 e. The molecule has 0 unspecified atom stereocenters. The zero-order chi connectivity index (χ0) is 6.31. The molecule has 0 radical (unpaired) electrons. The number of hydrogen-bond donors (Lipinski definition) is 1. The van der Waals surface area contributed by atoms with Crippen molar-refractivity contribution in [3.8, 4) is 5.75 Å². The van der Waals surface area contributed by atoms with Crippen LogP contribution in [-0.4, -0.2) is 5.11 Å². The van der Waals surface area contributed by atoms with Crippen LogP contribution >= 0.6 is 24.4 Å². The Morgan fingerprint density at radius 3 is 1.88 bits per heavy atom. The molecule has 3 heteroatoms. The van der Waals surface area contributed by atoms with Crippen LogP contribution in [-0.2, 0) is 0 Å². The summed E-state index contributed by atoms with van der Waals surface area (Å²) in [5.41, 5.74) is 0.755. The second-order valence-corrected chi connectivity index (χ2v) is 2.45. The topological polar surface area (TPSA) is 20.2 Å². The van der Waals surface area contributed by atoms with Crippen molar-refractivity contribution in [2.45, 2.75) is 6.92 Å². The Bertz CT molecular complexity index is 250. The van der Waals surface area contributed by atoms with Crippen LogP contribution in [0.4, 0.5) is 0 Å². The molecule has 0 atom stereocenters. The third kappa shape index (κ3) is 0.516. The lowest BCUT2D eigenvalue weighted by Crippen LogP contribution is -1.82. The van der Waals surface area contributed by atoms with E-state index in [4.69, 9.17) is 17.3 Å². The van der Waals surface area contributed by atoms with Crippen LogP contribution in [0.15, 0.2) is 0 Å². The van der Waals surface area contributed by atoms with E-state index in [2.05, 4.69) is 12.2 Å². The molecule has 0 aliphatic carbocycles. The molecule has 1 N–H and O–H groups in total. The number of aromatic hydroxyl groups is 1. The average molecular weight is 144 g/mol. The van der Waals surface area contributed by atoms with E-state index < -0.39 is 0 Å². The summed E-state index contributed by atoms with van der Waals surface area (Å²) in [6.45, 7) is 1.76. The highest BCUT2D eigenvalue weighted by Crippen LogP contribution is 2.25. The van der Waals surface area contributed by atoms with Gasteiger partial charge < -0.3 is 5.11 Å². The van der Waals surface area contributed by atoms with Crippen molar-refractivity contribution in [3.05, 3.63) is 14.6 Å². The van der Waals surface area contributed by atoms with Gasteiger partial charge in [0.15, 0.2) is 0 Å². The van der Waals surface area contributed by atoms with Crippen molar-refractivity contribution in [2.75, 3.05) is 0 Å². The largest absolute Gasteiger partial charge is 0.506 e. The third-order valence-corrected chi connectivity index (χ3v) is 2.15. The molecule has 1 aromatic rings. The molecule has 0 heterocycles. The van der Waals surface area contributed by atoms with E-state index in [1.54, 1.807) is 6.92 Å². The minimum atomic E-state index is 0.199. The van der Waals surface area contributed by atoms with Crippen LogP contribution < -0.4 is 0 Å². The molecule has 1 nitrogen and oxygen atoms in total. The highest BCUT2D eigenvalue weighted by molar-refractivity contribution is 7.74. The van der Waals surface area contributed by atoms with Crippen molar-refractivity contribution in [1.82, 2.24) is 0 Å². The van der Waals surface area contributed by atoms with Gasteiger partial charge in [-0.2, -0.15) is 0 Å². The molecular formula is C5H4OS2. The Kier molecular flexibility index (Phi) is 1.17. The molecule has 1 rings (SSSR count). The fraction of sp³-hybridized carbons (Fsp3) is 0.200. The van der Waals surface area contributed by atoms with Gasteiger partial charge >= 0.3 is 0 Å². The van der Waals surface area contributed by atoms with Gasteiger partial charge in [-0.15, -0.1) is 0 Å². The Morgan fingerprint density at radius 2 is 1.75 bits per heavy atom. The minimum Gasteiger partial charge on any atom is -0.506 e. The predicted molar refractivity (Wildman–Crippen MR) is 36.9 cm³/mol. The average Bonchev–Trinajstić information content (AvgIpc) is 1.83. The number of hydrogen-bond acceptors (Lipinski definition) is 3. The lowest BCUT2D eigenvalue weighted by molar-refractivity contribution is 0.463. The number of rotatable bonds is 0. The molecule has 0 aliphatic rings. The molecule has 0 bridgehead atoms. The maximum Gasteiger partial charge on any atom is 0.139 e. The summed E-state index contributed by atoms with van der Waals surface area (Å²) < 4.78 is 1.08. The second kappa shape index (κ2) is 1.60. The summed E-state index contributed by atoms with van der Waals surface area (Å²) in [6, 6.07) is 0. The van der Waals surface area contributed by atoms with E-state index in [1.807, 2.05) is 0 Å². The fourth-order valence-corrected chi connectivity index (χ4v) is 0.993.